The molecule has 0 aliphatic carbocycles. The van der Waals surface area contributed by atoms with Crippen LogP contribution in [0.15, 0.2) is 12.4 Å². The first-order valence-corrected chi connectivity index (χ1v) is 10.8. The molecule has 1 atom stereocenters. The topological polar surface area (TPSA) is 85.1 Å². The highest BCUT2D eigenvalue weighted by Crippen LogP contribution is 2.33. The molecule has 0 bridgehead atoms. The molecule has 0 spiro atoms. The Morgan fingerprint density at radius 3 is 2.62 bits per heavy atom. The van der Waals surface area contributed by atoms with E-state index < -0.39 is 5.92 Å². The van der Waals surface area contributed by atoms with Gasteiger partial charge >= 0.3 is 0 Å². The molecular weight excluding hydrogens is 418 g/mol. The molecule has 2 fully saturated rings. The maximum absolute atomic E-state index is 14.2. The lowest BCUT2D eigenvalue weighted by Gasteiger charge is -2.35. The molecule has 5 rings (SSSR count). The first-order valence-electron chi connectivity index (χ1n) is 10.8. The van der Waals surface area contributed by atoms with E-state index in [1.165, 1.54) is 0 Å². The minimum atomic E-state index is -2.76. The molecule has 1 unspecified atom stereocenters. The van der Waals surface area contributed by atoms with Crippen LogP contribution in [0.2, 0.25) is 0 Å². The van der Waals surface area contributed by atoms with E-state index >= 15 is 0 Å². The van der Waals surface area contributed by atoms with Gasteiger partial charge < -0.3 is 14.5 Å². The van der Waals surface area contributed by atoms with E-state index in [0.717, 1.165) is 17.0 Å². The number of hydrogen-bond acceptors (Lipinski definition) is 8. The number of aryl methyl sites for hydroxylation is 3. The number of aromatic nitrogens is 6. The minimum absolute atomic E-state index is 0.112. The van der Waals surface area contributed by atoms with Crippen molar-refractivity contribution in [3.63, 3.8) is 0 Å². The van der Waals surface area contributed by atoms with Crippen LogP contribution in [0.1, 0.15) is 35.9 Å². The molecule has 0 amide bonds. The van der Waals surface area contributed by atoms with Crippen molar-refractivity contribution in [1.82, 2.24) is 29.7 Å². The molecule has 170 valence electrons. The zero-order chi connectivity index (χ0) is 22.5. The number of nitrogens with zero attached hydrogens (tertiary/aromatic N) is 8. The predicted octanol–water partition coefficient (Wildman–Crippen LogP) is 2.58. The van der Waals surface area contributed by atoms with Gasteiger partial charge in [-0.1, -0.05) is 0 Å². The molecule has 5 heterocycles. The summed E-state index contributed by atoms with van der Waals surface area (Å²) in [6.07, 6.45) is 3.82. The van der Waals surface area contributed by atoms with E-state index in [4.69, 9.17) is 9.72 Å². The Bertz CT molecular complexity index is 1150. The summed E-state index contributed by atoms with van der Waals surface area (Å²) < 4.78 is 36.1. The average molecular weight is 444 g/mol. The molecule has 2 aliphatic heterocycles. The molecular formula is C21H26F2N8O. The lowest BCUT2D eigenvalue weighted by Crippen LogP contribution is -2.44. The van der Waals surface area contributed by atoms with Crippen LogP contribution in [0.5, 0.6) is 0 Å². The van der Waals surface area contributed by atoms with Crippen LogP contribution in [0.3, 0.4) is 0 Å². The number of ether oxygens (including phenoxy) is 1. The number of fused-ring (bicyclic) bond motifs is 1. The highest BCUT2D eigenvalue weighted by molar-refractivity contribution is 5.84. The summed E-state index contributed by atoms with van der Waals surface area (Å²) in [5.41, 5.74) is 3.35. The molecule has 0 N–H and O–H groups in total. The third kappa shape index (κ3) is 3.96. The third-order valence-corrected chi connectivity index (χ3v) is 6.05. The number of morpholine rings is 1. The molecule has 3 aromatic rings. The van der Waals surface area contributed by atoms with Gasteiger partial charge in [-0.3, -0.25) is 4.68 Å². The summed E-state index contributed by atoms with van der Waals surface area (Å²) in [5.74, 6) is -1.88. The number of alkyl halides is 2. The predicted molar refractivity (Wildman–Crippen MR) is 115 cm³/mol. The standard InChI is InChI=1S/C21H26F2N8O/c1-13-14(2)26-18-17(25-13)19(31-6-4-5-21(22,23)12-31)28-20(27-18)30-7-8-32-16(11-30)15-9-24-29(3)10-15/h9-10,16H,4-8,11-12H2,1-3H3. The second-order valence-corrected chi connectivity index (χ2v) is 8.55. The monoisotopic (exact) mass is 444 g/mol. The number of hydrogen-bond donors (Lipinski definition) is 0. The molecule has 2 saturated heterocycles. The molecule has 2 aliphatic rings. The number of anilines is 2. The lowest BCUT2D eigenvalue weighted by molar-refractivity contribution is -0.0118. The summed E-state index contributed by atoms with van der Waals surface area (Å²) in [4.78, 5) is 22.3. The fraction of sp³-hybridized carbons (Fsp3) is 0.571. The lowest BCUT2D eigenvalue weighted by atomic mass is 10.1. The van der Waals surface area contributed by atoms with Crippen molar-refractivity contribution in [1.29, 1.82) is 0 Å². The molecule has 32 heavy (non-hydrogen) atoms. The largest absolute Gasteiger partial charge is 0.370 e. The van der Waals surface area contributed by atoms with Crippen molar-refractivity contribution in [3.05, 3.63) is 29.3 Å². The van der Waals surface area contributed by atoms with Gasteiger partial charge in [0, 0.05) is 38.3 Å². The van der Waals surface area contributed by atoms with Crippen LogP contribution in [0.4, 0.5) is 20.5 Å². The van der Waals surface area contributed by atoms with Crippen molar-refractivity contribution in [2.45, 2.75) is 38.7 Å². The number of piperidine rings is 1. The van der Waals surface area contributed by atoms with Crippen LogP contribution in [-0.4, -0.2) is 68.4 Å². The van der Waals surface area contributed by atoms with Crippen LogP contribution in [-0.2, 0) is 11.8 Å². The van der Waals surface area contributed by atoms with Gasteiger partial charge in [0.2, 0.25) is 5.95 Å². The van der Waals surface area contributed by atoms with Gasteiger partial charge in [0.1, 0.15) is 6.10 Å². The molecule has 9 nitrogen and oxygen atoms in total. The van der Waals surface area contributed by atoms with Crippen LogP contribution >= 0.6 is 0 Å². The van der Waals surface area contributed by atoms with Crippen molar-refractivity contribution in [2.24, 2.45) is 7.05 Å². The van der Waals surface area contributed by atoms with Crippen molar-refractivity contribution in [2.75, 3.05) is 42.6 Å². The van der Waals surface area contributed by atoms with Crippen molar-refractivity contribution >= 4 is 22.9 Å². The fourth-order valence-corrected chi connectivity index (χ4v) is 4.23. The number of halogens is 2. The van der Waals surface area contributed by atoms with Gasteiger partial charge in [0.15, 0.2) is 17.0 Å². The van der Waals surface area contributed by atoms with E-state index in [0.29, 0.717) is 55.6 Å². The summed E-state index contributed by atoms with van der Waals surface area (Å²) in [6.45, 7) is 5.46. The Morgan fingerprint density at radius 1 is 1.06 bits per heavy atom. The van der Waals surface area contributed by atoms with E-state index in [1.54, 1.807) is 15.8 Å². The Kier molecular flexibility index (Phi) is 5.15. The zero-order valence-electron chi connectivity index (χ0n) is 18.4. The minimum Gasteiger partial charge on any atom is -0.370 e. The maximum atomic E-state index is 14.2. The third-order valence-electron chi connectivity index (χ3n) is 6.05. The van der Waals surface area contributed by atoms with E-state index in [9.17, 15) is 8.78 Å². The van der Waals surface area contributed by atoms with Crippen LogP contribution < -0.4 is 9.80 Å². The first-order chi connectivity index (χ1) is 15.3. The quantitative estimate of drug-likeness (QED) is 0.610. The Hall–Kier alpha value is -2.95. The van der Waals surface area contributed by atoms with E-state index in [1.807, 2.05) is 32.0 Å². The summed E-state index contributed by atoms with van der Waals surface area (Å²) in [6, 6.07) is 0. The maximum Gasteiger partial charge on any atom is 0.265 e. The van der Waals surface area contributed by atoms with Gasteiger partial charge in [-0.15, -0.1) is 0 Å². The van der Waals surface area contributed by atoms with Gasteiger partial charge in [-0.25, -0.2) is 18.7 Å². The van der Waals surface area contributed by atoms with Crippen LogP contribution in [0, 0.1) is 13.8 Å². The Morgan fingerprint density at radius 2 is 1.88 bits per heavy atom. The van der Waals surface area contributed by atoms with Crippen molar-refractivity contribution < 1.29 is 13.5 Å². The average Bonchev–Trinajstić information content (AvgIpc) is 3.20. The SMILES string of the molecule is Cc1nc2nc(N3CCOC(c4cnn(C)c4)C3)nc(N3CCCC(F)(F)C3)c2nc1C. The second-order valence-electron chi connectivity index (χ2n) is 8.55. The van der Waals surface area contributed by atoms with Gasteiger partial charge in [0.25, 0.3) is 5.92 Å². The summed E-state index contributed by atoms with van der Waals surface area (Å²) >= 11 is 0. The first kappa shape index (κ1) is 20.9. The molecule has 11 heteroatoms. The van der Waals surface area contributed by atoms with E-state index in [-0.39, 0.29) is 19.1 Å². The normalized spacial score (nSPS) is 21.3. The van der Waals surface area contributed by atoms with Crippen molar-refractivity contribution in [3.8, 4) is 0 Å². The van der Waals surface area contributed by atoms with Gasteiger partial charge in [0.05, 0.1) is 37.3 Å². The summed E-state index contributed by atoms with van der Waals surface area (Å²) in [5, 5.41) is 4.23. The smallest absolute Gasteiger partial charge is 0.265 e. The molecule has 0 radical (unpaired) electrons. The zero-order valence-corrected chi connectivity index (χ0v) is 18.4. The van der Waals surface area contributed by atoms with E-state index in [2.05, 4.69) is 20.1 Å². The number of rotatable bonds is 3. The van der Waals surface area contributed by atoms with Gasteiger partial charge in [-0.05, 0) is 20.3 Å². The van der Waals surface area contributed by atoms with Crippen LogP contribution in [0.25, 0.3) is 11.2 Å². The second kappa shape index (κ2) is 7.88. The molecule has 3 aromatic heterocycles. The molecule has 0 aromatic carbocycles. The Balaban J connectivity index is 1.55. The molecule has 0 saturated carbocycles. The highest BCUT2D eigenvalue weighted by Gasteiger charge is 2.37. The van der Waals surface area contributed by atoms with Gasteiger partial charge in [-0.2, -0.15) is 15.1 Å². The highest BCUT2D eigenvalue weighted by atomic mass is 19.3. The fourth-order valence-electron chi connectivity index (χ4n) is 4.23. The summed E-state index contributed by atoms with van der Waals surface area (Å²) in [7, 11) is 1.86. The Labute approximate surface area is 184 Å².